The van der Waals surface area contributed by atoms with Gasteiger partial charge >= 0.3 is 0 Å². The molecule has 0 aliphatic heterocycles. The highest BCUT2D eigenvalue weighted by molar-refractivity contribution is 5.96. The van der Waals surface area contributed by atoms with E-state index < -0.39 is 10.8 Å². The highest BCUT2D eigenvalue weighted by atomic mass is 19.1. The van der Waals surface area contributed by atoms with E-state index in [-0.39, 0.29) is 17.1 Å². The molecule has 11 aromatic rings. The molecule has 0 amide bonds. The highest BCUT2D eigenvalue weighted by Crippen LogP contribution is 2.61. The van der Waals surface area contributed by atoms with Crippen molar-refractivity contribution >= 4 is 23.1 Å². The summed E-state index contributed by atoms with van der Waals surface area (Å²) in [6, 6.07) is 87.6. The maximum atomic E-state index is 15.7. The third kappa shape index (κ3) is 9.27. The summed E-state index contributed by atoms with van der Waals surface area (Å²) in [6.07, 6.45) is 17.3. The average Bonchev–Trinajstić information content (AvgIpc) is 1.57. The number of allylic oxidation sites excluding steroid dienone is 11. The molecule has 0 bridgehead atoms. The van der Waals surface area contributed by atoms with Gasteiger partial charge in [0.1, 0.15) is 34.7 Å². The fourth-order valence-corrected chi connectivity index (χ4v) is 15.6. The molecule has 2 atom stereocenters. The first kappa shape index (κ1) is 57.0. The number of rotatable bonds is 14. The molecule has 0 N–H and O–H groups in total. The van der Waals surface area contributed by atoms with Crippen LogP contribution in [0.3, 0.4) is 0 Å². The Labute approximate surface area is 542 Å². The first-order chi connectivity index (χ1) is 45.5. The molecule has 0 aromatic heterocycles. The lowest BCUT2D eigenvalue weighted by Crippen LogP contribution is -2.29. The summed E-state index contributed by atoms with van der Waals surface area (Å²) in [5.74, 6) is 2.46. The van der Waals surface area contributed by atoms with E-state index in [0.717, 1.165) is 131 Å². The fourth-order valence-electron chi connectivity index (χ4n) is 15.6. The lowest BCUT2D eigenvalue weighted by molar-refractivity contribution is 0.401. The van der Waals surface area contributed by atoms with E-state index in [1.165, 1.54) is 27.8 Å². The number of nitrogens with zero attached hydrogens (tertiary/aromatic N) is 1. The third-order valence-electron chi connectivity index (χ3n) is 20.0. The molecule has 5 aliphatic carbocycles. The van der Waals surface area contributed by atoms with Crippen molar-refractivity contribution in [2.75, 3.05) is 4.90 Å². The zero-order valence-corrected chi connectivity index (χ0v) is 51.8. The third-order valence-corrected chi connectivity index (χ3v) is 20.0. The Kier molecular flexibility index (Phi) is 13.9. The molecule has 16 rings (SSSR count). The molecular weight excluding hydrogens is 1140 g/mol. The summed E-state index contributed by atoms with van der Waals surface area (Å²) in [5, 5.41) is 0. The van der Waals surface area contributed by atoms with E-state index in [4.69, 9.17) is 9.47 Å². The van der Waals surface area contributed by atoms with E-state index in [9.17, 15) is 0 Å². The lowest BCUT2D eigenvalue weighted by atomic mass is 9.66. The SMILES string of the molecule is C=CC1=CC=C(Oc2ccc(C3(C4=CCC=C(F)C=C4)c4ccccc4-c4ccc(N(c5cccc(-c6cccc7c6-c6ccccc6C7(C)C)c5)c5ccc6c(c5)C(c5ccc(F)cc5)(c5ccc(Oc7ccc(C=C)cc7)cc5)c5ccccc5-6)cc43)cc2)CC1. The first-order valence-corrected chi connectivity index (χ1v) is 32.0. The van der Waals surface area contributed by atoms with E-state index >= 15 is 8.78 Å². The molecule has 0 saturated carbocycles. The van der Waals surface area contributed by atoms with Crippen LogP contribution in [0.15, 0.2) is 327 Å². The topological polar surface area (TPSA) is 21.7 Å². The summed E-state index contributed by atoms with van der Waals surface area (Å²) in [4.78, 5) is 2.41. The van der Waals surface area contributed by atoms with Crippen LogP contribution in [0, 0.1) is 5.82 Å². The Bertz CT molecular complexity index is 5020. The molecule has 0 spiro atoms. The van der Waals surface area contributed by atoms with Crippen LogP contribution in [0.25, 0.3) is 50.6 Å². The van der Waals surface area contributed by atoms with Gasteiger partial charge < -0.3 is 14.4 Å². The zero-order valence-electron chi connectivity index (χ0n) is 51.8. The van der Waals surface area contributed by atoms with Crippen molar-refractivity contribution in [2.24, 2.45) is 0 Å². The van der Waals surface area contributed by atoms with Gasteiger partial charge in [0.15, 0.2) is 0 Å². The fraction of sp³-hybridized carbons (Fsp3) is 0.0909. The summed E-state index contributed by atoms with van der Waals surface area (Å²) in [7, 11) is 0. The largest absolute Gasteiger partial charge is 0.462 e. The van der Waals surface area contributed by atoms with Crippen LogP contribution >= 0.6 is 0 Å². The van der Waals surface area contributed by atoms with Crippen LogP contribution in [0.4, 0.5) is 25.8 Å². The van der Waals surface area contributed by atoms with E-state index in [1.807, 2.05) is 72.8 Å². The monoisotopic (exact) mass is 1210 g/mol. The summed E-state index contributed by atoms with van der Waals surface area (Å²) in [6.45, 7) is 12.6. The second-order valence-corrected chi connectivity index (χ2v) is 25.3. The van der Waals surface area contributed by atoms with Crippen LogP contribution in [-0.4, -0.2) is 0 Å². The Morgan fingerprint density at radius 3 is 1.58 bits per heavy atom. The van der Waals surface area contributed by atoms with Crippen molar-refractivity contribution in [3.05, 3.63) is 389 Å². The van der Waals surface area contributed by atoms with E-state index in [2.05, 4.69) is 232 Å². The minimum atomic E-state index is -0.914. The first-order valence-electron chi connectivity index (χ1n) is 32.0. The summed E-state index contributed by atoms with van der Waals surface area (Å²) >= 11 is 0. The molecule has 2 unspecified atom stereocenters. The van der Waals surface area contributed by atoms with Gasteiger partial charge in [0, 0.05) is 28.9 Å². The van der Waals surface area contributed by atoms with Crippen molar-refractivity contribution in [3.63, 3.8) is 0 Å². The maximum absolute atomic E-state index is 15.7. The van der Waals surface area contributed by atoms with Crippen LogP contribution < -0.4 is 14.4 Å². The van der Waals surface area contributed by atoms with Gasteiger partial charge in [-0.1, -0.05) is 221 Å². The smallest absolute Gasteiger partial charge is 0.127 e. The molecular formula is C88H65F2NO2. The number of fused-ring (bicyclic) bond motifs is 9. The van der Waals surface area contributed by atoms with Crippen LogP contribution in [-0.2, 0) is 16.2 Å². The van der Waals surface area contributed by atoms with Gasteiger partial charge in [0.25, 0.3) is 0 Å². The molecule has 0 radical (unpaired) electrons. The zero-order chi connectivity index (χ0) is 63.0. The van der Waals surface area contributed by atoms with Crippen molar-refractivity contribution in [2.45, 2.75) is 49.4 Å². The Morgan fingerprint density at radius 2 is 0.946 bits per heavy atom. The van der Waals surface area contributed by atoms with E-state index in [0.29, 0.717) is 12.2 Å². The molecule has 448 valence electrons. The van der Waals surface area contributed by atoms with Crippen LogP contribution in [0.2, 0.25) is 0 Å². The normalized spacial score (nSPS) is 17.6. The highest BCUT2D eigenvalue weighted by Gasteiger charge is 2.49. The predicted molar refractivity (Wildman–Crippen MR) is 377 cm³/mol. The molecule has 93 heavy (non-hydrogen) atoms. The standard InChI is InChI=1S/C88H65F2NO2/c1-5-57-28-44-69(45-29-57)92-71-48-35-62(36-49-71)87(60-17-14-18-64(89)39-32-60)80-25-11-7-20-74(80)76-52-42-67(55-83(76)87)91(66-19-13-16-59(54-66)73-23-15-27-82-85(73)78-22-9-10-24-79(78)86(82,3)4)68-43-53-77-75-21-8-12-26-81(75)88(84(77)56-68,61-33-40-65(90)41-34-61)63-37-50-72(51-38-63)93-70-46-30-58(6-2)31-47-70/h5-13,15-28,30-44,46-56H,1-2,14,29,45H2,3-4H3. The molecule has 0 heterocycles. The second kappa shape index (κ2) is 22.7. The molecule has 0 saturated heterocycles. The maximum Gasteiger partial charge on any atom is 0.127 e. The van der Waals surface area contributed by atoms with Gasteiger partial charge in [0.05, 0.1) is 10.8 Å². The number of hydrogen-bond acceptors (Lipinski definition) is 3. The number of benzene rings is 11. The van der Waals surface area contributed by atoms with E-state index in [1.54, 1.807) is 24.3 Å². The van der Waals surface area contributed by atoms with Crippen molar-refractivity contribution in [3.8, 4) is 61.8 Å². The van der Waals surface area contributed by atoms with Gasteiger partial charge in [-0.05, 0) is 227 Å². The summed E-state index contributed by atoms with van der Waals surface area (Å²) < 4.78 is 44.2. The lowest BCUT2D eigenvalue weighted by Gasteiger charge is -2.36. The van der Waals surface area contributed by atoms with Crippen molar-refractivity contribution < 1.29 is 18.3 Å². The minimum absolute atomic E-state index is 0.193. The van der Waals surface area contributed by atoms with Gasteiger partial charge in [-0.3, -0.25) is 0 Å². The Hall–Kier alpha value is -11.1. The number of hydrogen-bond donors (Lipinski definition) is 0. The Morgan fingerprint density at radius 1 is 0.419 bits per heavy atom. The number of ether oxygens (including phenoxy) is 2. The van der Waals surface area contributed by atoms with Crippen LogP contribution in [0.5, 0.6) is 17.2 Å². The van der Waals surface area contributed by atoms with Crippen molar-refractivity contribution in [1.29, 1.82) is 0 Å². The van der Waals surface area contributed by atoms with Crippen molar-refractivity contribution in [1.82, 2.24) is 0 Å². The quantitative estimate of drug-likeness (QED) is 0.108. The molecule has 5 aliphatic rings. The van der Waals surface area contributed by atoms with Gasteiger partial charge in [-0.15, -0.1) is 0 Å². The summed E-state index contributed by atoms with van der Waals surface area (Å²) in [5.41, 5.74) is 23.0. The second-order valence-electron chi connectivity index (χ2n) is 25.3. The Balaban J connectivity index is 0.922. The molecule has 0 fully saturated rings. The van der Waals surface area contributed by atoms with Gasteiger partial charge in [-0.2, -0.15) is 0 Å². The molecule has 11 aromatic carbocycles. The number of anilines is 3. The minimum Gasteiger partial charge on any atom is -0.462 e. The van der Waals surface area contributed by atoms with Crippen LogP contribution in [0.1, 0.15) is 88.7 Å². The molecule has 3 nitrogen and oxygen atoms in total. The number of halogens is 2. The van der Waals surface area contributed by atoms with Gasteiger partial charge in [-0.25, -0.2) is 8.78 Å². The molecule has 5 heteroatoms. The average molecular weight is 1210 g/mol. The predicted octanol–water partition coefficient (Wildman–Crippen LogP) is 23.3. The van der Waals surface area contributed by atoms with Gasteiger partial charge in [0.2, 0.25) is 0 Å².